The molecule has 1 N–H and O–H groups in total. The lowest BCUT2D eigenvalue weighted by atomic mass is 10.1. The molecular formula is C18H23N5O2. The summed E-state index contributed by atoms with van der Waals surface area (Å²) in [6, 6.07) is 3.64. The number of amides is 2. The molecule has 1 atom stereocenters. The predicted molar refractivity (Wildman–Crippen MR) is 94.3 cm³/mol. The minimum Gasteiger partial charge on any atom is -0.342 e. The number of carbonyl (C=O) groups is 2. The van der Waals surface area contributed by atoms with Crippen LogP contribution in [0, 0.1) is 18.8 Å². The van der Waals surface area contributed by atoms with Crippen molar-refractivity contribution in [2.75, 3.05) is 18.4 Å². The van der Waals surface area contributed by atoms with Crippen LogP contribution >= 0.6 is 0 Å². The van der Waals surface area contributed by atoms with Crippen LogP contribution in [0.4, 0.5) is 5.69 Å². The number of aromatic nitrogens is 3. The molecule has 0 bridgehead atoms. The van der Waals surface area contributed by atoms with Crippen LogP contribution in [0.5, 0.6) is 0 Å². The number of hydrogen-bond acceptors (Lipinski definition) is 4. The van der Waals surface area contributed by atoms with Crippen LogP contribution in [0.25, 0.3) is 5.82 Å². The van der Waals surface area contributed by atoms with E-state index in [4.69, 9.17) is 0 Å². The lowest BCUT2D eigenvalue weighted by molar-refractivity contribution is -0.128. The maximum atomic E-state index is 12.4. The smallest absolute Gasteiger partial charge is 0.229 e. The number of carbonyl (C=O) groups excluding carboxylic acids is 2. The maximum Gasteiger partial charge on any atom is 0.229 e. The SMILES string of the molecule is Cc1nccn1-c1ccc(NC(=O)[C@@H]2CC(=O)N(CC(C)C)C2)cn1. The highest BCUT2D eigenvalue weighted by Gasteiger charge is 2.34. The van der Waals surface area contributed by atoms with Gasteiger partial charge in [0.1, 0.15) is 11.6 Å². The third-order valence-corrected chi connectivity index (χ3v) is 4.26. The summed E-state index contributed by atoms with van der Waals surface area (Å²) < 4.78 is 1.87. The molecule has 3 heterocycles. The Morgan fingerprint density at radius 1 is 1.36 bits per heavy atom. The zero-order valence-electron chi connectivity index (χ0n) is 14.8. The van der Waals surface area contributed by atoms with E-state index in [9.17, 15) is 9.59 Å². The number of nitrogens with zero attached hydrogens (tertiary/aromatic N) is 4. The molecule has 1 aliphatic rings. The Balaban J connectivity index is 1.62. The molecule has 2 aromatic rings. The first kappa shape index (κ1) is 17.1. The van der Waals surface area contributed by atoms with Crippen molar-refractivity contribution in [1.82, 2.24) is 19.4 Å². The number of aryl methyl sites for hydroxylation is 1. The largest absolute Gasteiger partial charge is 0.342 e. The molecule has 7 nitrogen and oxygen atoms in total. The van der Waals surface area contributed by atoms with Crippen molar-refractivity contribution < 1.29 is 9.59 Å². The Labute approximate surface area is 147 Å². The second-order valence-corrected chi connectivity index (χ2v) is 6.83. The van der Waals surface area contributed by atoms with Gasteiger partial charge in [-0.2, -0.15) is 0 Å². The maximum absolute atomic E-state index is 12.4. The van der Waals surface area contributed by atoms with Gasteiger partial charge >= 0.3 is 0 Å². The molecule has 1 fully saturated rings. The van der Waals surface area contributed by atoms with Gasteiger partial charge in [0.15, 0.2) is 0 Å². The van der Waals surface area contributed by atoms with Crippen LogP contribution in [0.2, 0.25) is 0 Å². The summed E-state index contributed by atoms with van der Waals surface area (Å²) in [5.41, 5.74) is 0.626. The number of hydrogen-bond donors (Lipinski definition) is 1. The van der Waals surface area contributed by atoms with Gasteiger partial charge in [-0.1, -0.05) is 13.8 Å². The van der Waals surface area contributed by atoms with Crippen molar-refractivity contribution in [1.29, 1.82) is 0 Å². The van der Waals surface area contributed by atoms with Crippen LogP contribution in [0.1, 0.15) is 26.1 Å². The van der Waals surface area contributed by atoms with E-state index in [1.807, 2.05) is 29.8 Å². The molecule has 1 saturated heterocycles. The van der Waals surface area contributed by atoms with E-state index in [1.54, 1.807) is 17.3 Å². The van der Waals surface area contributed by atoms with E-state index >= 15 is 0 Å². The molecule has 132 valence electrons. The molecule has 7 heteroatoms. The summed E-state index contributed by atoms with van der Waals surface area (Å²) in [6.45, 7) is 7.22. The normalized spacial score (nSPS) is 17.4. The second kappa shape index (κ2) is 7.04. The Bertz CT molecular complexity index is 766. The van der Waals surface area contributed by atoms with Gasteiger partial charge < -0.3 is 10.2 Å². The average molecular weight is 341 g/mol. The van der Waals surface area contributed by atoms with Crippen molar-refractivity contribution in [3.05, 3.63) is 36.5 Å². The van der Waals surface area contributed by atoms with Crippen molar-refractivity contribution in [2.45, 2.75) is 27.2 Å². The lowest BCUT2D eigenvalue weighted by Gasteiger charge is -2.18. The van der Waals surface area contributed by atoms with Gasteiger partial charge in [0.05, 0.1) is 17.8 Å². The molecular weight excluding hydrogens is 318 g/mol. The zero-order valence-corrected chi connectivity index (χ0v) is 14.8. The van der Waals surface area contributed by atoms with E-state index in [0.29, 0.717) is 24.7 Å². The minimum absolute atomic E-state index is 0.0536. The van der Waals surface area contributed by atoms with Crippen molar-refractivity contribution >= 4 is 17.5 Å². The summed E-state index contributed by atoms with van der Waals surface area (Å²) in [5.74, 6) is 1.60. The van der Waals surface area contributed by atoms with Gasteiger partial charge in [-0.25, -0.2) is 9.97 Å². The van der Waals surface area contributed by atoms with Crippen LogP contribution in [0.15, 0.2) is 30.7 Å². The number of pyridine rings is 1. The Morgan fingerprint density at radius 2 is 2.16 bits per heavy atom. The molecule has 2 aromatic heterocycles. The summed E-state index contributed by atoms with van der Waals surface area (Å²) in [4.78, 5) is 34.7. The van der Waals surface area contributed by atoms with E-state index < -0.39 is 0 Å². The summed E-state index contributed by atoms with van der Waals surface area (Å²) in [5, 5.41) is 2.86. The third-order valence-electron chi connectivity index (χ3n) is 4.26. The minimum atomic E-state index is -0.304. The monoisotopic (exact) mass is 341 g/mol. The first-order valence-electron chi connectivity index (χ1n) is 8.49. The number of nitrogens with one attached hydrogen (secondary N) is 1. The van der Waals surface area contributed by atoms with Gasteiger partial charge in [0.2, 0.25) is 11.8 Å². The highest BCUT2D eigenvalue weighted by molar-refractivity contribution is 5.97. The Kier molecular flexibility index (Phi) is 4.83. The van der Waals surface area contributed by atoms with Crippen molar-refractivity contribution in [3.63, 3.8) is 0 Å². The molecule has 2 amide bonds. The fourth-order valence-electron chi connectivity index (χ4n) is 3.03. The number of anilines is 1. The molecule has 0 saturated carbocycles. The summed E-state index contributed by atoms with van der Waals surface area (Å²) >= 11 is 0. The van der Waals surface area contributed by atoms with Crippen molar-refractivity contribution in [3.8, 4) is 5.82 Å². The highest BCUT2D eigenvalue weighted by atomic mass is 16.2. The molecule has 25 heavy (non-hydrogen) atoms. The number of imidazole rings is 1. The van der Waals surface area contributed by atoms with E-state index in [-0.39, 0.29) is 24.2 Å². The average Bonchev–Trinajstić information content (AvgIpc) is 3.14. The van der Waals surface area contributed by atoms with Crippen LogP contribution in [-0.2, 0) is 9.59 Å². The van der Waals surface area contributed by atoms with Gasteiger partial charge in [-0.15, -0.1) is 0 Å². The van der Waals surface area contributed by atoms with Crippen LogP contribution < -0.4 is 5.32 Å². The predicted octanol–water partition coefficient (Wildman–Crippen LogP) is 2.02. The van der Waals surface area contributed by atoms with Gasteiger partial charge in [0, 0.05) is 31.9 Å². The third kappa shape index (κ3) is 3.87. The highest BCUT2D eigenvalue weighted by Crippen LogP contribution is 2.21. The van der Waals surface area contributed by atoms with Gasteiger partial charge in [0.25, 0.3) is 0 Å². The molecule has 0 radical (unpaired) electrons. The Hall–Kier alpha value is -2.70. The van der Waals surface area contributed by atoms with E-state index in [1.165, 1.54) is 0 Å². The topological polar surface area (TPSA) is 80.1 Å². The molecule has 3 rings (SSSR count). The van der Waals surface area contributed by atoms with Crippen LogP contribution in [-0.4, -0.2) is 44.3 Å². The van der Waals surface area contributed by atoms with Gasteiger partial charge in [-0.3, -0.25) is 14.2 Å². The molecule has 0 aromatic carbocycles. The Morgan fingerprint density at radius 3 is 2.76 bits per heavy atom. The fraction of sp³-hybridized carbons (Fsp3) is 0.444. The zero-order chi connectivity index (χ0) is 18.0. The van der Waals surface area contributed by atoms with E-state index in [2.05, 4.69) is 29.1 Å². The first-order chi connectivity index (χ1) is 11.9. The van der Waals surface area contributed by atoms with Crippen molar-refractivity contribution in [2.24, 2.45) is 11.8 Å². The number of likely N-dealkylation sites (tertiary alicyclic amines) is 1. The second-order valence-electron chi connectivity index (χ2n) is 6.83. The first-order valence-corrected chi connectivity index (χ1v) is 8.49. The van der Waals surface area contributed by atoms with Crippen LogP contribution in [0.3, 0.4) is 0 Å². The lowest BCUT2D eigenvalue weighted by Crippen LogP contribution is -2.31. The van der Waals surface area contributed by atoms with E-state index in [0.717, 1.165) is 11.6 Å². The van der Waals surface area contributed by atoms with Gasteiger partial charge in [-0.05, 0) is 25.0 Å². The molecule has 0 unspecified atom stereocenters. The molecule has 1 aliphatic heterocycles. The fourth-order valence-corrected chi connectivity index (χ4v) is 3.03. The molecule has 0 aliphatic carbocycles. The summed E-state index contributed by atoms with van der Waals surface area (Å²) in [6.07, 6.45) is 5.45. The standard InChI is InChI=1S/C18H23N5O2/c1-12(2)10-22-11-14(8-17(22)24)18(25)21-15-4-5-16(20-9-15)23-7-6-19-13(23)3/h4-7,9,12,14H,8,10-11H2,1-3H3,(H,21,25)/t14-/m1/s1. The quantitative estimate of drug-likeness (QED) is 0.902. The molecule has 0 spiro atoms. The summed E-state index contributed by atoms with van der Waals surface area (Å²) in [7, 11) is 0. The number of rotatable bonds is 5.